The molecule has 0 bridgehead atoms. The largest absolute Gasteiger partial charge is 0.383 e. The molecule has 4 heteroatoms. The first-order chi connectivity index (χ1) is 9.69. The van der Waals surface area contributed by atoms with Crippen molar-refractivity contribution in [3.63, 3.8) is 0 Å². The summed E-state index contributed by atoms with van der Waals surface area (Å²) < 4.78 is 5.04. The van der Waals surface area contributed by atoms with E-state index in [2.05, 4.69) is 30.2 Å². The summed E-state index contributed by atoms with van der Waals surface area (Å²) in [7, 11) is 1.72. The number of aromatic nitrogens is 2. The smallest absolute Gasteiger partial charge is 0.131 e. The first-order valence-corrected chi connectivity index (χ1v) is 7.73. The number of nitrogens with zero attached hydrogens (tertiary/aromatic N) is 2. The van der Waals surface area contributed by atoms with E-state index in [-0.39, 0.29) is 0 Å². The third kappa shape index (κ3) is 4.53. The predicted molar refractivity (Wildman–Crippen MR) is 80.7 cm³/mol. The van der Waals surface area contributed by atoms with Crippen LogP contribution in [0.4, 0.5) is 0 Å². The summed E-state index contributed by atoms with van der Waals surface area (Å²) >= 11 is 0. The van der Waals surface area contributed by atoms with E-state index in [1.54, 1.807) is 7.11 Å². The molecule has 0 spiro atoms. The fraction of sp³-hybridized carbons (Fsp3) is 0.750. The zero-order valence-corrected chi connectivity index (χ0v) is 13.0. The molecule has 1 heterocycles. The van der Waals surface area contributed by atoms with Crippen LogP contribution in [0.25, 0.3) is 0 Å². The minimum Gasteiger partial charge on any atom is -0.383 e. The van der Waals surface area contributed by atoms with Crippen LogP contribution in [0, 0.1) is 12.8 Å². The van der Waals surface area contributed by atoms with Gasteiger partial charge in [0.15, 0.2) is 0 Å². The molecule has 112 valence electrons. The van der Waals surface area contributed by atoms with E-state index in [4.69, 9.17) is 9.72 Å². The highest BCUT2D eigenvalue weighted by Gasteiger charge is 2.23. The van der Waals surface area contributed by atoms with Crippen molar-refractivity contribution in [3.05, 3.63) is 23.3 Å². The molecular weight excluding hydrogens is 250 g/mol. The van der Waals surface area contributed by atoms with Gasteiger partial charge in [-0.2, -0.15) is 0 Å². The zero-order chi connectivity index (χ0) is 14.4. The van der Waals surface area contributed by atoms with Crippen molar-refractivity contribution in [1.82, 2.24) is 15.3 Å². The minimum absolute atomic E-state index is 0.552. The Bertz CT molecular complexity index is 422. The number of ether oxygens (including phenoxy) is 1. The molecular formula is C16H27N3O. The van der Waals surface area contributed by atoms with Crippen LogP contribution in [0.15, 0.2) is 6.07 Å². The van der Waals surface area contributed by atoms with Gasteiger partial charge in [0, 0.05) is 31.8 Å². The maximum atomic E-state index is 5.04. The molecule has 1 aromatic heterocycles. The van der Waals surface area contributed by atoms with Gasteiger partial charge in [-0.05, 0) is 31.7 Å². The number of hydrogen-bond donors (Lipinski definition) is 1. The van der Waals surface area contributed by atoms with E-state index in [0.717, 1.165) is 42.8 Å². The van der Waals surface area contributed by atoms with Gasteiger partial charge in [-0.25, -0.2) is 9.97 Å². The van der Waals surface area contributed by atoms with E-state index < -0.39 is 0 Å². The van der Waals surface area contributed by atoms with E-state index in [9.17, 15) is 0 Å². The SMILES string of the molecule is COCCNCc1cc(C)nc(C2CCCC(C)C2)n1. The van der Waals surface area contributed by atoms with E-state index in [0.29, 0.717) is 5.92 Å². The normalized spacial score (nSPS) is 22.9. The van der Waals surface area contributed by atoms with Crippen molar-refractivity contribution >= 4 is 0 Å². The van der Waals surface area contributed by atoms with Gasteiger partial charge in [0.05, 0.1) is 12.3 Å². The predicted octanol–water partition coefficient (Wildman–Crippen LogP) is 2.81. The molecule has 1 fully saturated rings. The monoisotopic (exact) mass is 277 g/mol. The fourth-order valence-corrected chi connectivity index (χ4v) is 2.99. The molecule has 0 amide bonds. The van der Waals surface area contributed by atoms with Crippen molar-refractivity contribution in [3.8, 4) is 0 Å². The van der Waals surface area contributed by atoms with Crippen molar-refractivity contribution < 1.29 is 4.74 Å². The minimum atomic E-state index is 0.552. The molecule has 0 saturated heterocycles. The average Bonchev–Trinajstić information content (AvgIpc) is 2.43. The van der Waals surface area contributed by atoms with Crippen LogP contribution in [0.5, 0.6) is 0 Å². The van der Waals surface area contributed by atoms with Gasteiger partial charge in [-0.3, -0.25) is 0 Å². The third-order valence-corrected chi connectivity index (χ3v) is 4.02. The second-order valence-corrected chi connectivity index (χ2v) is 6.00. The summed E-state index contributed by atoms with van der Waals surface area (Å²) in [5.74, 6) is 2.41. The van der Waals surface area contributed by atoms with Gasteiger partial charge in [-0.1, -0.05) is 19.8 Å². The Morgan fingerprint density at radius 2 is 2.20 bits per heavy atom. The lowest BCUT2D eigenvalue weighted by molar-refractivity contribution is 0.199. The van der Waals surface area contributed by atoms with Crippen molar-refractivity contribution in [2.24, 2.45) is 5.92 Å². The number of rotatable bonds is 6. The zero-order valence-electron chi connectivity index (χ0n) is 13.0. The molecule has 0 radical (unpaired) electrons. The summed E-state index contributed by atoms with van der Waals surface area (Å²) in [5, 5.41) is 3.35. The first-order valence-electron chi connectivity index (χ1n) is 7.73. The highest BCUT2D eigenvalue weighted by Crippen LogP contribution is 2.34. The molecule has 2 unspecified atom stereocenters. The van der Waals surface area contributed by atoms with Crippen molar-refractivity contribution in [2.45, 2.75) is 52.0 Å². The second-order valence-electron chi connectivity index (χ2n) is 6.00. The summed E-state index contributed by atoms with van der Waals surface area (Å²) in [4.78, 5) is 9.45. The Balaban J connectivity index is 2.00. The van der Waals surface area contributed by atoms with Crippen LogP contribution < -0.4 is 5.32 Å². The molecule has 1 saturated carbocycles. The molecule has 4 nitrogen and oxygen atoms in total. The molecule has 1 aliphatic rings. The van der Waals surface area contributed by atoms with Gasteiger partial charge in [-0.15, -0.1) is 0 Å². The van der Waals surface area contributed by atoms with Crippen LogP contribution >= 0.6 is 0 Å². The number of methoxy groups -OCH3 is 1. The number of aryl methyl sites for hydroxylation is 1. The van der Waals surface area contributed by atoms with E-state index in [1.807, 2.05) is 0 Å². The van der Waals surface area contributed by atoms with Crippen LogP contribution in [-0.4, -0.2) is 30.2 Å². The second kappa shape index (κ2) is 7.70. The van der Waals surface area contributed by atoms with Crippen LogP contribution in [-0.2, 0) is 11.3 Å². The van der Waals surface area contributed by atoms with Gasteiger partial charge in [0.2, 0.25) is 0 Å². The Hall–Kier alpha value is -1.00. The average molecular weight is 277 g/mol. The van der Waals surface area contributed by atoms with Gasteiger partial charge in [0.25, 0.3) is 0 Å². The topological polar surface area (TPSA) is 47.0 Å². The highest BCUT2D eigenvalue weighted by atomic mass is 16.5. The lowest BCUT2D eigenvalue weighted by Crippen LogP contribution is -2.21. The van der Waals surface area contributed by atoms with E-state index in [1.165, 1.54) is 25.7 Å². The molecule has 0 aliphatic heterocycles. The number of hydrogen-bond acceptors (Lipinski definition) is 4. The fourth-order valence-electron chi connectivity index (χ4n) is 2.99. The quantitative estimate of drug-likeness (QED) is 0.812. The van der Waals surface area contributed by atoms with Crippen LogP contribution in [0.3, 0.4) is 0 Å². The van der Waals surface area contributed by atoms with Gasteiger partial charge in [0.1, 0.15) is 5.82 Å². The summed E-state index contributed by atoms with van der Waals surface area (Å²) in [6, 6.07) is 2.08. The molecule has 1 aromatic rings. The summed E-state index contributed by atoms with van der Waals surface area (Å²) in [5.41, 5.74) is 2.18. The lowest BCUT2D eigenvalue weighted by atomic mass is 9.82. The van der Waals surface area contributed by atoms with Crippen molar-refractivity contribution in [1.29, 1.82) is 0 Å². The Kier molecular flexibility index (Phi) is 5.92. The highest BCUT2D eigenvalue weighted by molar-refractivity contribution is 5.13. The molecule has 1 aliphatic carbocycles. The van der Waals surface area contributed by atoms with Crippen molar-refractivity contribution in [2.75, 3.05) is 20.3 Å². The van der Waals surface area contributed by atoms with E-state index >= 15 is 0 Å². The Morgan fingerprint density at radius 3 is 2.95 bits per heavy atom. The maximum absolute atomic E-state index is 5.04. The Labute approximate surface area is 122 Å². The maximum Gasteiger partial charge on any atom is 0.131 e. The summed E-state index contributed by atoms with van der Waals surface area (Å²) in [6.45, 7) is 6.79. The Morgan fingerprint density at radius 1 is 1.35 bits per heavy atom. The number of nitrogens with one attached hydrogen (secondary N) is 1. The molecule has 1 N–H and O–H groups in total. The summed E-state index contributed by atoms with van der Waals surface area (Å²) in [6.07, 6.45) is 5.14. The first kappa shape index (κ1) is 15.4. The molecule has 2 rings (SSSR count). The standard InChI is InChI=1S/C16H27N3O/c1-12-5-4-6-14(9-12)16-18-13(2)10-15(19-16)11-17-7-8-20-3/h10,12,14,17H,4-9,11H2,1-3H3. The van der Waals surface area contributed by atoms with Gasteiger partial charge < -0.3 is 10.1 Å². The molecule has 0 aromatic carbocycles. The third-order valence-electron chi connectivity index (χ3n) is 4.02. The van der Waals surface area contributed by atoms with Crippen LogP contribution in [0.1, 0.15) is 55.7 Å². The lowest BCUT2D eigenvalue weighted by Gasteiger charge is -2.26. The molecule has 2 atom stereocenters. The van der Waals surface area contributed by atoms with Crippen LogP contribution in [0.2, 0.25) is 0 Å². The van der Waals surface area contributed by atoms with Gasteiger partial charge >= 0.3 is 0 Å². The molecule has 20 heavy (non-hydrogen) atoms.